The Bertz CT molecular complexity index is 527. The smallest absolute Gasteiger partial charge is 0.161 e. The van der Waals surface area contributed by atoms with Crippen molar-refractivity contribution < 1.29 is 10.2 Å². The van der Waals surface area contributed by atoms with Crippen LogP contribution in [-0.2, 0) is 0 Å². The minimum Gasteiger partial charge on any atom is -0.504 e. The maximum absolute atomic E-state index is 10.2. The Morgan fingerprint density at radius 3 is 2.67 bits per heavy atom. The number of benzene rings is 1. The first-order valence-electron chi connectivity index (χ1n) is 8.09. The molecule has 0 radical (unpaired) electrons. The van der Waals surface area contributed by atoms with Crippen molar-refractivity contribution >= 4 is 0 Å². The largest absolute Gasteiger partial charge is 0.504 e. The van der Waals surface area contributed by atoms with Crippen LogP contribution in [0.25, 0.3) is 0 Å². The number of phenolic OH excluding ortho intramolecular Hbond substituents is 2. The zero-order valence-electron chi connectivity index (χ0n) is 13.7. The predicted octanol–water partition coefficient (Wildman–Crippen LogP) is 5.46. The minimum atomic E-state index is 0.0124. The third-order valence-corrected chi connectivity index (χ3v) is 4.89. The second-order valence-electron chi connectivity index (χ2n) is 6.86. The molecule has 0 aromatic heterocycles. The summed E-state index contributed by atoms with van der Waals surface area (Å²) in [5, 5.41) is 20.0. The highest BCUT2D eigenvalue weighted by atomic mass is 16.3. The quantitative estimate of drug-likeness (QED) is 0.570. The number of aromatic hydroxyl groups is 2. The van der Waals surface area contributed by atoms with Crippen molar-refractivity contribution in [3.8, 4) is 11.5 Å². The third kappa shape index (κ3) is 3.42. The van der Waals surface area contributed by atoms with E-state index in [0.717, 1.165) is 18.4 Å². The lowest BCUT2D eigenvalue weighted by atomic mass is 9.71. The molecule has 0 heterocycles. The number of phenols is 2. The van der Waals surface area contributed by atoms with Crippen LogP contribution >= 0.6 is 0 Å². The van der Waals surface area contributed by atoms with Gasteiger partial charge in [-0.1, -0.05) is 31.6 Å². The Morgan fingerprint density at radius 2 is 2.00 bits per heavy atom. The molecule has 3 atom stereocenters. The van der Waals surface area contributed by atoms with Crippen molar-refractivity contribution in [1.29, 1.82) is 0 Å². The summed E-state index contributed by atoms with van der Waals surface area (Å²) in [6, 6.07) is 3.66. The number of hydrogen-bond acceptors (Lipinski definition) is 2. The van der Waals surface area contributed by atoms with Gasteiger partial charge in [0.25, 0.3) is 0 Å². The fourth-order valence-electron chi connectivity index (χ4n) is 3.61. The summed E-state index contributed by atoms with van der Waals surface area (Å²) in [6.07, 6.45) is 6.85. The van der Waals surface area contributed by atoms with E-state index in [1.165, 1.54) is 24.0 Å². The van der Waals surface area contributed by atoms with Crippen LogP contribution in [0.3, 0.4) is 0 Å². The van der Waals surface area contributed by atoms with Gasteiger partial charge in [-0.2, -0.15) is 0 Å². The highest BCUT2D eigenvalue weighted by molar-refractivity contribution is 5.52. The van der Waals surface area contributed by atoms with Crippen molar-refractivity contribution in [2.75, 3.05) is 0 Å². The topological polar surface area (TPSA) is 40.5 Å². The van der Waals surface area contributed by atoms with E-state index in [9.17, 15) is 10.2 Å². The van der Waals surface area contributed by atoms with E-state index >= 15 is 0 Å². The van der Waals surface area contributed by atoms with Gasteiger partial charge in [-0.05, 0) is 68.9 Å². The standard InChI is InChI=1S/C19H28O2/c1-12(2)6-5-7-13(3)15-9-8-14(4)18-16(15)10-11-17(20)19(18)21/h6,10-11,13-15,20-21H,5,7-9H2,1-4H3. The molecule has 116 valence electrons. The summed E-state index contributed by atoms with van der Waals surface area (Å²) in [4.78, 5) is 0. The summed E-state index contributed by atoms with van der Waals surface area (Å²) >= 11 is 0. The number of fused-ring (bicyclic) bond motifs is 1. The van der Waals surface area contributed by atoms with Gasteiger partial charge in [-0.15, -0.1) is 0 Å². The monoisotopic (exact) mass is 288 g/mol. The van der Waals surface area contributed by atoms with Crippen LogP contribution in [0.2, 0.25) is 0 Å². The van der Waals surface area contributed by atoms with Gasteiger partial charge >= 0.3 is 0 Å². The molecule has 0 saturated carbocycles. The van der Waals surface area contributed by atoms with Crippen molar-refractivity contribution in [1.82, 2.24) is 0 Å². The van der Waals surface area contributed by atoms with Gasteiger partial charge in [-0.3, -0.25) is 0 Å². The lowest BCUT2D eigenvalue weighted by Gasteiger charge is -2.34. The number of allylic oxidation sites excluding steroid dienone is 2. The maximum Gasteiger partial charge on any atom is 0.161 e. The van der Waals surface area contributed by atoms with Crippen molar-refractivity contribution in [3.63, 3.8) is 0 Å². The average molecular weight is 288 g/mol. The molecule has 0 aliphatic heterocycles. The van der Waals surface area contributed by atoms with E-state index in [-0.39, 0.29) is 11.5 Å². The summed E-state index contributed by atoms with van der Waals surface area (Å²) in [5.74, 6) is 1.53. The van der Waals surface area contributed by atoms with Gasteiger partial charge < -0.3 is 10.2 Å². The normalized spacial score (nSPS) is 22.5. The molecule has 0 saturated heterocycles. The molecule has 2 heteroatoms. The second kappa shape index (κ2) is 6.55. The van der Waals surface area contributed by atoms with Gasteiger partial charge in [-0.25, -0.2) is 0 Å². The Labute approximate surface area is 128 Å². The van der Waals surface area contributed by atoms with E-state index in [2.05, 4.69) is 33.8 Å². The zero-order chi connectivity index (χ0) is 15.6. The van der Waals surface area contributed by atoms with Crippen molar-refractivity contribution in [2.45, 2.75) is 65.2 Å². The Kier molecular flexibility index (Phi) is 4.97. The molecule has 0 fully saturated rings. The molecule has 1 aromatic rings. The molecule has 1 aliphatic carbocycles. The zero-order valence-corrected chi connectivity index (χ0v) is 13.7. The maximum atomic E-state index is 10.2. The highest BCUT2D eigenvalue weighted by Crippen LogP contribution is 2.48. The number of rotatable bonds is 4. The van der Waals surface area contributed by atoms with Gasteiger partial charge in [0.1, 0.15) is 0 Å². The SMILES string of the molecule is CC(C)=CCCC(C)C1CCC(C)c2c1ccc(O)c2O. The predicted molar refractivity (Wildman–Crippen MR) is 88.0 cm³/mol. The fraction of sp³-hybridized carbons (Fsp3) is 0.579. The molecule has 2 rings (SSSR count). The Morgan fingerprint density at radius 1 is 1.29 bits per heavy atom. The lowest BCUT2D eigenvalue weighted by molar-refractivity contribution is 0.351. The molecule has 0 amide bonds. The van der Waals surface area contributed by atoms with Crippen LogP contribution in [0.1, 0.15) is 76.3 Å². The van der Waals surface area contributed by atoms with E-state index in [0.29, 0.717) is 17.8 Å². The molecule has 1 aromatic carbocycles. The Hall–Kier alpha value is -1.44. The third-order valence-electron chi connectivity index (χ3n) is 4.89. The molecule has 2 N–H and O–H groups in total. The van der Waals surface area contributed by atoms with Crippen molar-refractivity contribution in [2.24, 2.45) is 5.92 Å². The first-order valence-corrected chi connectivity index (χ1v) is 8.09. The minimum absolute atomic E-state index is 0.0124. The van der Waals surface area contributed by atoms with Crippen LogP contribution in [0.4, 0.5) is 0 Å². The average Bonchev–Trinajstić information content (AvgIpc) is 2.42. The van der Waals surface area contributed by atoms with Crippen LogP contribution in [0.15, 0.2) is 23.8 Å². The molecular formula is C19H28O2. The fourth-order valence-corrected chi connectivity index (χ4v) is 3.61. The summed E-state index contributed by atoms with van der Waals surface area (Å²) in [6.45, 7) is 8.74. The molecule has 3 unspecified atom stereocenters. The molecular weight excluding hydrogens is 260 g/mol. The molecule has 21 heavy (non-hydrogen) atoms. The molecule has 1 aliphatic rings. The highest BCUT2D eigenvalue weighted by Gasteiger charge is 2.31. The number of hydrogen-bond donors (Lipinski definition) is 2. The van der Waals surface area contributed by atoms with Crippen LogP contribution in [0.5, 0.6) is 11.5 Å². The van der Waals surface area contributed by atoms with E-state index in [1.54, 1.807) is 6.07 Å². The molecule has 0 bridgehead atoms. The second-order valence-corrected chi connectivity index (χ2v) is 6.86. The van der Waals surface area contributed by atoms with Gasteiger partial charge in [0.2, 0.25) is 0 Å². The lowest BCUT2D eigenvalue weighted by Crippen LogP contribution is -2.18. The molecule has 0 spiro atoms. The summed E-state index contributed by atoms with van der Waals surface area (Å²) in [5.41, 5.74) is 3.59. The molecule has 2 nitrogen and oxygen atoms in total. The van der Waals surface area contributed by atoms with Crippen molar-refractivity contribution in [3.05, 3.63) is 34.9 Å². The first-order chi connectivity index (χ1) is 9.91. The first kappa shape index (κ1) is 15.9. The van der Waals surface area contributed by atoms with Gasteiger partial charge in [0.05, 0.1) is 0 Å². The van der Waals surface area contributed by atoms with Crippen LogP contribution < -0.4 is 0 Å². The summed E-state index contributed by atoms with van der Waals surface area (Å²) < 4.78 is 0. The van der Waals surface area contributed by atoms with Crippen LogP contribution in [-0.4, -0.2) is 10.2 Å². The van der Waals surface area contributed by atoms with Gasteiger partial charge in [0.15, 0.2) is 11.5 Å². The van der Waals surface area contributed by atoms with Crippen LogP contribution in [0, 0.1) is 5.92 Å². The Balaban J connectivity index is 2.23. The van der Waals surface area contributed by atoms with E-state index in [4.69, 9.17) is 0 Å². The van der Waals surface area contributed by atoms with E-state index < -0.39 is 0 Å². The van der Waals surface area contributed by atoms with E-state index in [1.807, 2.05) is 6.07 Å². The van der Waals surface area contributed by atoms with Gasteiger partial charge in [0, 0.05) is 5.56 Å². The summed E-state index contributed by atoms with van der Waals surface area (Å²) in [7, 11) is 0.